The Labute approximate surface area is 190 Å². The van der Waals surface area contributed by atoms with E-state index in [1.807, 2.05) is 73.0 Å². The Morgan fingerprint density at radius 3 is 2.34 bits per heavy atom. The molecule has 6 nitrogen and oxygen atoms in total. The van der Waals surface area contributed by atoms with Gasteiger partial charge in [-0.1, -0.05) is 44.9 Å². The number of rotatable bonds is 8. The molecule has 168 valence electrons. The van der Waals surface area contributed by atoms with Gasteiger partial charge < -0.3 is 4.74 Å². The largest absolute Gasteiger partial charge is 0.457 e. The molecule has 0 atom stereocenters. The van der Waals surface area contributed by atoms with Gasteiger partial charge in [-0.15, -0.1) is 0 Å². The second kappa shape index (κ2) is 10.0. The summed E-state index contributed by atoms with van der Waals surface area (Å²) in [5, 5.41) is 0. The van der Waals surface area contributed by atoms with Crippen LogP contribution in [0.15, 0.2) is 59.4 Å². The molecule has 6 heteroatoms. The fraction of sp³-hybridized carbons (Fsp3) is 0.385. The quantitative estimate of drug-likeness (QED) is 0.442. The molecule has 0 amide bonds. The van der Waals surface area contributed by atoms with Gasteiger partial charge in [-0.2, -0.15) is 0 Å². The maximum atomic E-state index is 13.2. The van der Waals surface area contributed by atoms with Gasteiger partial charge in [0.05, 0.1) is 13.3 Å². The number of anilines is 2. The predicted octanol–water partition coefficient (Wildman–Crippen LogP) is 5.47. The second-order valence-corrected chi connectivity index (χ2v) is 8.28. The lowest BCUT2D eigenvalue weighted by Crippen LogP contribution is -2.48. The van der Waals surface area contributed by atoms with E-state index in [-0.39, 0.29) is 5.56 Å². The van der Waals surface area contributed by atoms with E-state index in [4.69, 9.17) is 9.72 Å². The lowest BCUT2D eigenvalue weighted by atomic mass is 10.2. The van der Waals surface area contributed by atoms with Crippen LogP contribution in [0.25, 0.3) is 0 Å². The normalized spacial score (nSPS) is 13.8. The zero-order chi connectivity index (χ0) is 22.5. The lowest BCUT2D eigenvalue weighted by Gasteiger charge is -2.38. The average molecular weight is 433 g/mol. The zero-order valence-corrected chi connectivity index (χ0v) is 19.3. The van der Waals surface area contributed by atoms with E-state index in [0.29, 0.717) is 25.7 Å². The Balaban J connectivity index is 1.65. The van der Waals surface area contributed by atoms with E-state index >= 15 is 0 Å². The highest BCUT2D eigenvalue weighted by Crippen LogP contribution is 2.30. The number of fused-ring (bicyclic) bond motifs is 1. The molecule has 2 aromatic carbocycles. The number of aryl methyl sites for hydroxylation is 1. The van der Waals surface area contributed by atoms with Crippen molar-refractivity contribution in [1.82, 2.24) is 14.5 Å². The molecule has 1 aliphatic rings. The first-order valence-corrected chi connectivity index (χ1v) is 11.5. The second-order valence-electron chi connectivity index (χ2n) is 8.28. The maximum Gasteiger partial charge on any atom is 0.259 e. The topological polar surface area (TPSA) is 50.6 Å². The van der Waals surface area contributed by atoms with Crippen LogP contribution in [-0.2, 0) is 13.1 Å². The van der Waals surface area contributed by atoms with Crippen LogP contribution in [0.4, 0.5) is 11.6 Å². The number of nitrogens with zero attached hydrogens (tertiary/aromatic N) is 4. The molecule has 1 aliphatic heterocycles. The Kier molecular flexibility index (Phi) is 6.90. The van der Waals surface area contributed by atoms with Gasteiger partial charge in [0.2, 0.25) is 5.95 Å². The van der Waals surface area contributed by atoms with Gasteiger partial charge in [0, 0.05) is 23.5 Å². The van der Waals surface area contributed by atoms with Gasteiger partial charge >= 0.3 is 0 Å². The Morgan fingerprint density at radius 2 is 1.66 bits per heavy atom. The average Bonchev–Trinajstić information content (AvgIpc) is 2.81. The summed E-state index contributed by atoms with van der Waals surface area (Å²) in [4.78, 5) is 22.5. The highest BCUT2D eigenvalue weighted by Gasteiger charge is 2.27. The summed E-state index contributed by atoms with van der Waals surface area (Å²) < 4.78 is 7.77. The molecule has 0 aliphatic carbocycles. The fourth-order valence-corrected chi connectivity index (χ4v) is 4.18. The van der Waals surface area contributed by atoms with Crippen LogP contribution in [-0.4, -0.2) is 27.7 Å². The zero-order valence-electron chi connectivity index (χ0n) is 19.3. The number of benzene rings is 2. The molecular formula is C26H32N4O2. The molecule has 0 N–H and O–H groups in total. The first-order chi connectivity index (χ1) is 15.6. The minimum absolute atomic E-state index is 0.0734. The number of unbranched alkanes of at least 4 members (excludes halogenated alkanes) is 2. The van der Waals surface area contributed by atoms with Crippen LogP contribution in [0.5, 0.6) is 11.5 Å². The summed E-state index contributed by atoms with van der Waals surface area (Å²) in [6.45, 7) is 8.42. The van der Waals surface area contributed by atoms with Crippen LogP contribution < -0.4 is 15.2 Å². The minimum Gasteiger partial charge on any atom is -0.457 e. The van der Waals surface area contributed by atoms with E-state index in [1.54, 1.807) is 0 Å². The van der Waals surface area contributed by atoms with Gasteiger partial charge in [-0.25, -0.2) is 4.98 Å². The SMILES string of the molecule is CCCCCN1CN(c2ccc(Oc3ccccc3)cc2)c2nc(C)c(CC)c(=O)n2C1. The maximum absolute atomic E-state index is 13.2. The monoisotopic (exact) mass is 432 g/mol. The van der Waals surface area contributed by atoms with Gasteiger partial charge in [-0.05, 0) is 56.2 Å². The molecule has 0 spiro atoms. The van der Waals surface area contributed by atoms with Gasteiger partial charge in [0.15, 0.2) is 0 Å². The number of aromatic nitrogens is 2. The highest BCUT2D eigenvalue weighted by molar-refractivity contribution is 5.59. The molecule has 32 heavy (non-hydrogen) atoms. The van der Waals surface area contributed by atoms with Crippen LogP contribution in [0, 0.1) is 6.92 Å². The summed E-state index contributed by atoms with van der Waals surface area (Å²) >= 11 is 0. The van der Waals surface area contributed by atoms with E-state index in [0.717, 1.165) is 41.4 Å². The van der Waals surface area contributed by atoms with Gasteiger partial charge in [0.1, 0.15) is 11.5 Å². The molecule has 0 radical (unpaired) electrons. The summed E-state index contributed by atoms with van der Waals surface area (Å²) in [5.41, 5.74) is 2.69. The third kappa shape index (κ3) is 4.70. The van der Waals surface area contributed by atoms with E-state index in [2.05, 4.69) is 16.7 Å². The summed E-state index contributed by atoms with van der Waals surface area (Å²) in [6.07, 6.45) is 4.19. The summed E-state index contributed by atoms with van der Waals surface area (Å²) in [6, 6.07) is 17.8. The smallest absolute Gasteiger partial charge is 0.259 e. The number of hydrogen-bond donors (Lipinski definition) is 0. The van der Waals surface area contributed by atoms with Crippen molar-refractivity contribution in [2.45, 2.75) is 53.1 Å². The lowest BCUT2D eigenvalue weighted by molar-refractivity contribution is 0.194. The molecule has 0 bridgehead atoms. The van der Waals surface area contributed by atoms with Crippen molar-refractivity contribution in [3.63, 3.8) is 0 Å². The molecule has 0 saturated heterocycles. The molecule has 0 fully saturated rings. The summed E-state index contributed by atoms with van der Waals surface area (Å²) in [7, 11) is 0. The third-order valence-corrected chi connectivity index (χ3v) is 5.93. The molecule has 1 aromatic heterocycles. The van der Waals surface area contributed by atoms with Crippen molar-refractivity contribution >= 4 is 11.6 Å². The van der Waals surface area contributed by atoms with Crippen molar-refractivity contribution in [2.75, 3.05) is 18.1 Å². The summed E-state index contributed by atoms with van der Waals surface area (Å²) in [5.74, 6) is 2.30. The van der Waals surface area contributed by atoms with Crippen molar-refractivity contribution in [2.24, 2.45) is 0 Å². The van der Waals surface area contributed by atoms with Crippen molar-refractivity contribution in [3.05, 3.63) is 76.2 Å². The van der Waals surface area contributed by atoms with E-state index in [9.17, 15) is 4.79 Å². The van der Waals surface area contributed by atoms with E-state index < -0.39 is 0 Å². The molecule has 4 rings (SSSR count). The highest BCUT2D eigenvalue weighted by atomic mass is 16.5. The van der Waals surface area contributed by atoms with Crippen molar-refractivity contribution < 1.29 is 4.74 Å². The standard InChI is InChI=1S/C26H32N4O2/c1-4-6-10-17-28-18-29(26-27-20(3)24(5-2)25(31)30(26)19-28)21-13-15-23(16-14-21)32-22-11-8-7-9-12-22/h7-9,11-16H,4-6,10,17-19H2,1-3H3. The molecule has 0 unspecified atom stereocenters. The fourth-order valence-electron chi connectivity index (χ4n) is 4.18. The Hall–Kier alpha value is -3.12. The van der Waals surface area contributed by atoms with Crippen LogP contribution in [0.3, 0.4) is 0 Å². The Morgan fingerprint density at radius 1 is 0.938 bits per heavy atom. The number of para-hydroxylation sites is 1. The minimum atomic E-state index is 0.0734. The van der Waals surface area contributed by atoms with Gasteiger partial charge in [0.25, 0.3) is 5.56 Å². The third-order valence-electron chi connectivity index (χ3n) is 5.93. The number of hydrogen-bond acceptors (Lipinski definition) is 5. The van der Waals surface area contributed by atoms with Crippen LogP contribution in [0.2, 0.25) is 0 Å². The van der Waals surface area contributed by atoms with Crippen LogP contribution >= 0.6 is 0 Å². The van der Waals surface area contributed by atoms with E-state index in [1.165, 1.54) is 12.8 Å². The first kappa shape index (κ1) is 22.1. The predicted molar refractivity (Wildman–Crippen MR) is 129 cm³/mol. The van der Waals surface area contributed by atoms with Crippen molar-refractivity contribution in [1.29, 1.82) is 0 Å². The molecule has 0 saturated carbocycles. The van der Waals surface area contributed by atoms with Gasteiger partial charge in [-0.3, -0.25) is 19.2 Å². The first-order valence-electron chi connectivity index (χ1n) is 11.5. The number of ether oxygens (including phenoxy) is 1. The van der Waals surface area contributed by atoms with Crippen LogP contribution in [0.1, 0.15) is 44.4 Å². The molecular weight excluding hydrogens is 400 g/mol. The molecule has 3 aromatic rings. The van der Waals surface area contributed by atoms with Crippen molar-refractivity contribution in [3.8, 4) is 11.5 Å². The molecule has 2 heterocycles. The Bertz CT molecular complexity index is 1090.